The van der Waals surface area contributed by atoms with E-state index in [1.807, 2.05) is 0 Å². The van der Waals surface area contributed by atoms with Gasteiger partial charge in [-0.15, -0.1) is 0 Å². The Hall–Kier alpha value is -1.88. The normalized spacial score (nSPS) is 29.6. The number of anilines is 1. The average molecular weight is 391 g/mol. The Morgan fingerprint density at radius 1 is 0.897 bits per heavy atom. The van der Waals surface area contributed by atoms with Gasteiger partial charge in [-0.25, -0.2) is 0 Å². The maximum Gasteiger partial charge on any atom is 0.0373 e. The number of benzene rings is 2. The van der Waals surface area contributed by atoms with E-state index in [0.29, 0.717) is 24.0 Å². The van der Waals surface area contributed by atoms with E-state index < -0.39 is 0 Å². The Labute approximate surface area is 174 Å². The predicted molar refractivity (Wildman–Crippen MR) is 121 cm³/mol. The number of nitrogens with one attached hydrogen (secondary N) is 2. The second kappa shape index (κ2) is 8.47. The molecule has 0 aromatic heterocycles. The van der Waals surface area contributed by atoms with E-state index in [0.717, 1.165) is 26.2 Å². The van der Waals surface area contributed by atoms with Gasteiger partial charge >= 0.3 is 0 Å². The first-order valence-electron chi connectivity index (χ1n) is 11.4. The summed E-state index contributed by atoms with van der Waals surface area (Å²) in [5.41, 5.74) is 11.5. The first-order chi connectivity index (χ1) is 14.3. The highest BCUT2D eigenvalue weighted by atomic mass is 15.2. The van der Waals surface area contributed by atoms with Gasteiger partial charge in [-0.2, -0.15) is 0 Å². The van der Waals surface area contributed by atoms with Gasteiger partial charge < -0.3 is 21.3 Å². The lowest BCUT2D eigenvalue weighted by Crippen LogP contribution is -2.43. The van der Waals surface area contributed by atoms with Gasteiger partial charge in [-0.1, -0.05) is 36.4 Å². The molecule has 4 heteroatoms. The largest absolute Gasteiger partial charge is 0.369 e. The first-order valence-corrected chi connectivity index (χ1v) is 11.4. The van der Waals surface area contributed by atoms with Gasteiger partial charge in [0.25, 0.3) is 0 Å². The van der Waals surface area contributed by atoms with Gasteiger partial charge in [0.05, 0.1) is 0 Å². The van der Waals surface area contributed by atoms with Crippen molar-refractivity contribution in [3.05, 3.63) is 54.1 Å². The highest BCUT2D eigenvalue weighted by Crippen LogP contribution is 2.42. The van der Waals surface area contributed by atoms with Crippen molar-refractivity contribution in [3.8, 4) is 11.1 Å². The number of hydrogen-bond donors (Lipinski definition) is 3. The maximum atomic E-state index is 6.04. The molecular weight excluding hydrogens is 356 g/mol. The molecule has 4 N–H and O–H groups in total. The molecule has 0 radical (unpaired) electrons. The van der Waals surface area contributed by atoms with Crippen molar-refractivity contribution in [3.63, 3.8) is 0 Å². The molecule has 154 valence electrons. The minimum atomic E-state index is 0.431. The van der Waals surface area contributed by atoms with Crippen LogP contribution < -0.4 is 21.3 Å². The summed E-state index contributed by atoms with van der Waals surface area (Å²) in [7, 11) is 0. The molecule has 3 fully saturated rings. The van der Waals surface area contributed by atoms with Gasteiger partial charge in [0.15, 0.2) is 0 Å². The molecule has 2 aromatic carbocycles. The van der Waals surface area contributed by atoms with Gasteiger partial charge in [-0.05, 0) is 60.9 Å². The Morgan fingerprint density at radius 3 is 2.41 bits per heavy atom. The second-order valence-corrected chi connectivity index (χ2v) is 9.14. The van der Waals surface area contributed by atoms with Crippen molar-refractivity contribution in [2.24, 2.45) is 5.73 Å². The van der Waals surface area contributed by atoms with Crippen LogP contribution >= 0.6 is 0 Å². The molecule has 4 nitrogen and oxygen atoms in total. The van der Waals surface area contributed by atoms with Crippen LogP contribution in [0.4, 0.5) is 5.69 Å². The number of nitrogens with zero attached hydrogens (tertiary/aromatic N) is 1. The van der Waals surface area contributed by atoms with E-state index in [-0.39, 0.29) is 0 Å². The van der Waals surface area contributed by atoms with Gasteiger partial charge in [0, 0.05) is 55.9 Å². The van der Waals surface area contributed by atoms with E-state index in [9.17, 15) is 0 Å². The Morgan fingerprint density at radius 2 is 1.66 bits per heavy atom. The molecule has 2 atom stereocenters. The van der Waals surface area contributed by atoms with Crippen molar-refractivity contribution in [2.45, 2.75) is 56.1 Å². The van der Waals surface area contributed by atoms with Crippen LogP contribution in [0.2, 0.25) is 0 Å². The molecule has 0 unspecified atom stereocenters. The predicted octanol–water partition coefficient (Wildman–Crippen LogP) is 3.48. The standard InChI is InChI=1S/C25H34N4/c26-21-8-10-22(11-9-21)28-25-17-24(25)19-6-4-18(5-7-19)20-2-1-3-23(16-20)29-14-12-27-13-15-29/h1-7,16,21-22,24-25,27-28H,8-15,17,26H2/t21-,22-,24-,25+/m1/s1. The summed E-state index contributed by atoms with van der Waals surface area (Å²) in [4.78, 5) is 2.48. The van der Waals surface area contributed by atoms with Crippen LogP contribution in [0.1, 0.15) is 43.6 Å². The molecule has 29 heavy (non-hydrogen) atoms. The third kappa shape index (κ3) is 4.50. The molecule has 1 heterocycles. The fraction of sp³-hybridized carbons (Fsp3) is 0.520. The second-order valence-electron chi connectivity index (χ2n) is 9.14. The van der Waals surface area contributed by atoms with E-state index in [4.69, 9.17) is 5.73 Å². The minimum absolute atomic E-state index is 0.431. The first kappa shape index (κ1) is 19.1. The summed E-state index contributed by atoms with van der Waals surface area (Å²) in [6.07, 6.45) is 6.12. The third-order valence-corrected chi connectivity index (χ3v) is 7.01. The molecule has 3 aliphatic rings. The van der Waals surface area contributed by atoms with Crippen LogP contribution in [0.3, 0.4) is 0 Å². The highest BCUT2D eigenvalue weighted by molar-refractivity contribution is 5.69. The van der Waals surface area contributed by atoms with E-state index in [2.05, 4.69) is 64.1 Å². The SMILES string of the molecule is N[C@H]1CC[C@H](N[C@H]2C[C@@H]2c2ccc(-c3cccc(N4CCNCC4)c3)cc2)CC1. The van der Waals surface area contributed by atoms with Crippen molar-refractivity contribution in [1.29, 1.82) is 0 Å². The number of rotatable bonds is 5. The summed E-state index contributed by atoms with van der Waals surface area (Å²) < 4.78 is 0. The van der Waals surface area contributed by atoms with Crippen LogP contribution in [0, 0.1) is 0 Å². The van der Waals surface area contributed by atoms with E-state index in [1.165, 1.54) is 54.5 Å². The lowest BCUT2D eigenvalue weighted by atomic mass is 9.92. The number of hydrogen-bond acceptors (Lipinski definition) is 4. The topological polar surface area (TPSA) is 53.3 Å². The molecule has 0 amide bonds. The summed E-state index contributed by atoms with van der Waals surface area (Å²) in [6.45, 7) is 4.32. The lowest BCUT2D eigenvalue weighted by Gasteiger charge is -2.29. The number of piperazine rings is 1. The molecule has 2 saturated carbocycles. The van der Waals surface area contributed by atoms with Crippen molar-refractivity contribution < 1.29 is 0 Å². The Bertz CT molecular complexity index is 804. The molecule has 1 saturated heterocycles. The van der Waals surface area contributed by atoms with Crippen LogP contribution in [0.5, 0.6) is 0 Å². The summed E-state index contributed by atoms with van der Waals surface area (Å²) in [5.74, 6) is 0.687. The summed E-state index contributed by atoms with van der Waals surface area (Å²) in [5, 5.41) is 7.32. The summed E-state index contributed by atoms with van der Waals surface area (Å²) in [6, 6.07) is 20.1. The highest BCUT2D eigenvalue weighted by Gasteiger charge is 2.39. The Kier molecular flexibility index (Phi) is 5.58. The molecule has 0 spiro atoms. The van der Waals surface area contributed by atoms with E-state index in [1.54, 1.807) is 0 Å². The minimum Gasteiger partial charge on any atom is -0.369 e. The van der Waals surface area contributed by atoms with Crippen LogP contribution in [0.25, 0.3) is 11.1 Å². The fourth-order valence-corrected chi connectivity index (χ4v) is 5.06. The fourth-order valence-electron chi connectivity index (χ4n) is 5.06. The zero-order chi connectivity index (χ0) is 19.6. The quantitative estimate of drug-likeness (QED) is 0.732. The molecule has 5 rings (SSSR count). The third-order valence-electron chi connectivity index (χ3n) is 7.01. The van der Waals surface area contributed by atoms with Crippen LogP contribution in [-0.2, 0) is 0 Å². The molecule has 1 aliphatic heterocycles. The van der Waals surface area contributed by atoms with Gasteiger partial charge in [-0.3, -0.25) is 0 Å². The zero-order valence-corrected chi connectivity index (χ0v) is 17.3. The van der Waals surface area contributed by atoms with Crippen LogP contribution in [-0.4, -0.2) is 44.3 Å². The van der Waals surface area contributed by atoms with Crippen molar-refractivity contribution >= 4 is 5.69 Å². The molecule has 2 aromatic rings. The molecular formula is C25H34N4. The smallest absolute Gasteiger partial charge is 0.0373 e. The monoisotopic (exact) mass is 390 g/mol. The van der Waals surface area contributed by atoms with Crippen molar-refractivity contribution in [1.82, 2.24) is 10.6 Å². The molecule has 2 aliphatic carbocycles. The number of nitrogens with two attached hydrogens (primary N) is 1. The van der Waals surface area contributed by atoms with Crippen molar-refractivity contribution in [2.75, 3.05) is 31.1 Å². The van der Waals surface area contributed by atoms with E-state index >= 15 is 0 Å². The lowest BCUT2D eigenvalue weighted by molar-refractivity contribution is 0.339. The molecule has 0 bridgehead atoms. The summed E-state index contributed by atoms with van der Waals surface area (Å²) >= 11 is 0. The zero-order valence-electron chi connectivity index (χ0n) is 17.3. The van der Waals surface area contributed by atoms with Crippen LogP contribution in [0.15, 0.2) is 48.5 Å². The van der Waals surface area contributed by atoms with Gasteiger partial charge in [0.2, 0.25) is 0 Å². The van der Waals surface area contributed by atoms with Gasteiger partial charge in [0.1, 0.15) is 0 Å². The maximum absolute atomic E-state index is 6.04. The average Bonchev–Trinajstić information content (AvgIpc) is 3.55. The Balaban J connectivity index is 1.21.